The van der Waals surface area contributed by atoms with Crippen LogP contribution in [0.15, 0.2) is 27.9 Å². The zero-order valence-electron chi connectivity index (χ0n) is 12.8. The van der Waals surface area contributed by atoms with Gasteiger partial charge in [0.1, 0.15) is 5.75 Å². The van der Waals surface area contributed by atoms with Gasteiger partial charge in [-0.1, -0.05) is 11.6 Å². The second-order valence-electron chi connectivity index (χ2n) is 4.80. The lowest BCUT2D eigenvalue weighted by Crippen LogP contribution is -2.45. The Morgan fingerprint density at radius 2 is 2.13 bits per heavy atom. The van der Waals surface area contributed by atoms with Crippen molar-refractivity contribution in [2.45, 2.75) is 19.9 Å². The number of urea groups is 1. The standard InChI is InChI=1S/C15H16BrClN2O4/c1-4-23-14(20)11-7(2)18-15(21)19-12(11)9-5-8(17)6-10(16)13(9)22-3/h5-6,12H,4H2,1-3H3,(H2,18,19,21)/t12-/m1/s1. The van der Waals surface area contributed by atoms with Crippen molar-refractivity contribution in [1.82, 2.24) is 10.6 Å². The lowest BCUT2D eigenvalue weighted by Gasteiger charge is -2.29. The van der Waals surface area contributed by atoms with Gasteiger partial charge in [-0.05, 0) is 41.9 Å². The maximum Gasteiger partial charge on any atom is 0.338 e. The van der Waals surface area contributed by atoms with E-state index in [0.29, 0.717) is 32.1 Å². The Balaban J connectivity index is 2.61. The van der Waals surface area contributed by atoms with E-state index in [1.54, 1.807) is 26.0 Å². The van der Waals surface area contributed by atoms with Crippen LogP contribution < -0.4 is 15.4 Å². The van der Waals surface area contributed by atoms with Gasteiger partial charge >= 0.3 is 12.0 Å². The molecule has 0 bridgehead atoms. The molecule has 0 saturated carbocycles. The molecule has 0 spiro atoms. The van der Waals surface area contributed by atoms with Crippen molar-refractivity contribution in [2.24, 2.45) is 0 Å². The van der Waals surface area contributed by atoms with Crippen molar-refractivity contribution in [1.29, 1.82) is 0 Å². The largest absolute Gasteiger partial charge is 0.495 e. The number of halogens is 2. The molecule has 1 aromatic carbocycles. The Bertz CT molecular complexity index is 690. The number of carbonyl (C=O) groups is 2. The zero-order chi connectivity index (χ0) is 17.1. The van der Waals surface area contributed by atoms with Crippen LogP contribution in [0.4, 0.5) is 4.79 Å². The quantitative estimate of drug-likeness (QED) is 0.756. The second-order valence-corrected chi connectivity index (χ2v) is 6.09. The monoisotopic (exact) mass is 402 g/mol. The molecule has 1 aromatic rings. The van der Waals surface area contributed by atoms with Gasteiger partial charge in [-0.25, -0.2) is 9.59 Å². The molecule has 0 aromatic heterocycles. The Morgan fingerprint density at radius 1 is 1.43 bits per heavy atom. The van der Waals surface area contributed by atoms with Gasteiger partial charge in [0, 0.05) is 16.3 Å². The summed E-state index contributed by atoms with van der Waals surface area (Å²) in [4.78, 5) is 24.2. The molecule has 0 radical (unpaired) electrons. The third-order valence-corrected chi connectivity index (χ3v) is 4.12. The molecule has 1 aliphatic heterocycles. The summed E-state index contributed by atoms with van der Waals surface area (Å²) in [6.45, 7) is 3.59. The van der Waals surface area contributed by atoms with E-state index >= 15 is 0 Å². The van der Waals surface area contributed by atoms with Crippen molar-refractivity contribution in [3.63, 3.8) is 0 Å². The normalized spacial score (nSPS) is 17.4. The summed E-state index contributed by atoms with van der Waals surface area (Å²) in [6.07, 6.45) is 0. The van der Waals surface area contributed by atoms with Crippen LogP contribution in [0, 0.1) is 0 Å². The Morgan fingerprint density at radius 3 is 2.74 bits per heavy atom. The molecule has 2 amide bonds. The highest BCUT2D eigenvalue weighted by Crippen LogP contribution is 2.39. The van der Waals surface area contributed by atoms with Gasteiger partial charge < -0.3 is 20.1 Å². The molecule has 124 valence electrons. The molecule has 1 atom stereocenters. The van der Waals surface area contributed by atoms with E-state index in [1.165, 1.54) is 7.11 Å². The smallest absolute Gasteiger partial charge is 0.338 e. The number of amides is 2. The number of nitrogens with one attached hydrogen (secondary N) is 2. The number of hydrogen-bond donors (Lipinski definition) is 2. The molecule has 1 heterocycles. The van der Waals surface area contributed by atoms with E-state index in [2.05, 4.69) is 26.6 Å². The molecule has 0 saturated heterocycles. The third-order valence-electron chi connectivity index (χ3n) is 3.32. The van der Waals surface area contributed by atoms with Crippen LogP contribution in [0.3, 0.4) is 0 Å². The van der Waals surface area contributed by atoms with E-state index in [4.69, 9.17) is 21.1 Å². The van der Waals surface area contributed by atoms with E-state index in [0.717, 1.165) is 0 Å². The highest BCUT2D eigenvalue weighted by Gasteiger charge is 2.34. The number of esters is 1. The molecule has 1 aliphatic rings. The highest BCUT2D eigenvalue weighted by atomic mass is 79.9. The maximum atomic E-state index is 12.3. The van der Waals surface area contributed by atoms with Crippen molar-refractivity contribution < 1.29 is 19.1 Å². The number of methoxy groups -OCH3 is 1. The summed E-state index contributed by atoms with van der Waals surface area (Å²) in [5, 5.41) is 5.74. The summed E-state index contributed by atoms with van der Waals surface area (Å²) < 4.78 is 11.1. The van der Waals surface area contributed by atoms with Crippen molar-refractivity contribution in [2.75, 3.05) is 13.7 Å². The lowest BCUT2D eigenvalue weighted by atomic mass is 9.95. The minimum Gasteiger partial charge on any atom is -0.495 e. The van der Waals surface area contributed by atoms with E-state index < -0.39 is 18.0 Å². The van der Waals surface area contributed by atoms with Crippen LogP contribution in [-0.2, 0) is 9.53 Å². The van der Waals surface area contributed by atoms with Gasteiger partial charge in [0.15, 0.2) is 0 Å². The molecule has 6 nitrogen and oxygen atoms in total. The molecule has 8 heteroatoms. The number of hydrogen-bond acceptors (Lipinski definition) is 4. The van der Waals surface area contributed by atoms with Crippen molar-refractivity contribution in [3.8, 4) is 5.75 Å². The van der Waals surface area contributed by atoms with E-state index in [9.17, 15) is 9.59 Å². The number of carbonyl (C=O) groups excluding carboxylic acids is 2. The first-order valence-corrected chi connectivity index (χ1v) is 8.04. The molecule has 0 aliphatic carbocycles. The average molecular weight is 404 g/mol. The van der Waals surface area contributed by atoms with Crippen LogP contribution in [0.25, 0.3) is 0 Å². The number of allylic oxidation sites excluding steroid dienone is 1. The Hall–Kier alpha value is -1.73. The fourth-order valence-electron chi connectivity index (χ4n) is 2.42. The molecular weight excluding hydrogens is 388 g/mol. The van der Waals surface area contributed by atoms with E-state index in [1.807, 2.05) is 0 Å². The van der Waals surface area contributed by atoms with Gasteiger partial charge in [-0.15, -0.1) is 0 Å². The number of rotatable bonds is 4. The lowest BCUT2D eigenvalue weighted by molar-refractivity contribution is -0.139. The fraction of sp³-hybridized carbons (Fsp3) is 0.333. The number of ether oxygens (including phenoxy) is 2. The van der Waals surface area contributed by atoms with Crippen molar-refractivity contribution in [3.05, 3.63) is 38.5 Å². The van der Waals surface area contributed by atoms with Gasteiger partial charge in [0.2, 0.25) is 0 Å². The predicted molar refractivity (Wildman–Crippen MR) is 89.4 cm³/mol. The summed E-state index contributed by atoms with van der Waals surface area (Å²) in [6, 6.07) is 2.17. The minimum atomic E-state index is -0.729. The molecular formula is C15H16BrClN2O4. The van der Waals surface area contributed by atoms with Gasteiger partial charge in [-0.3, -0.25) is 0 Å². The summed E-state index contributed by atoms with van der Waals surface area (Å²) in [5.74, 6) is -0.0307. The molecule has 23 heavy (non-hydrogen) atoms. The fourth-order valence-corrected chi connectivity index (χ4v) is 3.41. The SMILES string of the molecule is CCOC(=O)C1=C(C)NC(=O)N[C@@H]1c1cc(Cl)cc(Br)c1OC. The van der Waals surface area contributed by atoms with Gasteiger partial charge in [-0.2, -0.15) is 0 Å². The molecule has 2 N–H and O–H groups in total. The highest BCUT2D eigenvalue weighted by molar-refractivity contribution is 9.10. The zero-order valence-corrected chi connectivity index (χ0v) is 15.2. The first kappa shape index (κ1) is 17.6. The minimum absolute atomic E-state index is 0.229. The van der Waals surface area contributed by atoms with Gasteiger partial charge in [0.05, 0.1) is 29.8 Å². The van der Waals surface area contributed by atoms with E-state index in [-0.39, 0.29) is 6.61 Å². The van der Waals surface area contributed by atoms with Crippen LogP contribution in [0.2, 0.25) is 5.02 Å². The Kier molecular flexibility index (Phi) is 5.54. The molecule has 0 unspecified atom stereocenters. The second kappa shape index (κ2) is 7.23. The first-order chi connectivity index (χ1) is 10.9. The third kappa shape index (κ3) is 3.61. The Labute approximate surface area is 147 Å². The topological polar surface area (TPSA) is 76.7 Å². The summed E-state index contributed by atoms with van der Waals surface area (Å²) in [5.41, 5.74) is 1.29. The van der Waals surface area contributed by atoms with Crippen LogP contribution in [0.1, 0.15) is 25.5 Å². The van der Waals surface area contributed by atoms with Crippen molar-refractivity contribution >= 4 is 39.5 Å². The van der Waals surface area contributed by atoms with Crippen LogP contribution in [0.5, 0.6) is 5.75 Å². The van der Waals surface area contributed by atoms with Crippen LogP contribution >= 0.6 is 27.5 Å². The summed E-state index contributed by atoms with van der Waals surface area (Å²) >= 11 is 9.49. The molecule has 0 fully saturated rings. The summed E-state index contributed by atoms with van der Waals surface area (Å²) in [7, 11) is 1.50. The molecule has 2 rings (SSSR count). The first-order valence-electron chi connectivity index (χ1n) is 6.87. The maximum absolute atomic E-state index is 12.3. The average Bonchev–Trinajstić information content (AvgIpc) is 2.45. The van der Waals surface area contributed by atoms with Gasteiger partial charge in [0.25, 0.3) is 0 Å². The number of benzene rings is 1. The van der Waals surface area contributed by atoms with Crippen LogP contribution in [-0.4, -0.2) is 25.7 Å². The predicted octanol–water partition coefficient (Wildman–Crippen LogP) is 3.30.